The van der Waals surface area contributed by atoms with Crippen LogP contribution in [0.25, 0.3) is 0 Å². The summed E-state index contributed by atoms with van der Waals surface area (Å²) >= 11 is 0. The van der Waals surface area contributed by atoms with Crippen molar-refractivity contribution in [2.45, 2.75) is 20.8 Å². The molecule has 0 atom stereocenters. The Labute approximate surface area is 95.2 Å². The first-order valence-corrected chi connectivity index (χ1v) is 4.80. The third-order valence-corrected chi connectivity index (χ3v) is 1.59. The van der Waals surface area contributed by atoms with Crippen molar-refractivity contribution in [2.75, 3.05) is 6.61 Å². The molecule has 4 heteroatoms. The SMILES string of the molecule is C=C(C)C(=O)OCC=C(C)C(=O)OC=CC. The first-order chi connectivity index (χ1) is 7.49. The summed E-state index contributed by atoms with van der Waals surface area (Å²) in [5.74, 6) is -0.949. The summed E-state index contributed by atoms with van der Waals surface area (Å²) in [6.45, 7) is 8.34. The molecule has 0 aliphatic rings. The monoisotopic (exact) mass is 224 g/mol. The second-order valence-corrected chi connectivity index (χ2v) is 3.14. The van der Waals surface area contributed by atoms with E-state index in [1.165, 1.54) is 12.3 Å². The minimum absolute atomic E-state index is 0.0302. The number of carbonyl (C=O) groups excluding carboxylic acids is 2. The van der Waals surface area contributed by atoms with Gasteiger partial charge in [-0.2, -0.15) is 0 Å². The number of allylic oxidation sites excluding steroid dienone is 1. The highest BCUT2D eigenvalue weighted by Gasteiger charge is 2.05. The topological polar surface area (TPSA) is 52.6 Å². The molecule has 4 nitrogen and oxygen atoms in total. The van der Waals surface area contributed by atoms with Crippen LogP contribution in [0.2, 0.25) is 0 Å². The van der Waals surface area contributed by atoms with Gasteiger partial charge in [-0.15, -0.1) is 0 Å². The maximum atomic E-state index is 11.2. The van der Waals surface area contributed by atoms with Crippen LogP contribution in [0.5, 0.6) is 0 Å². The second kappa shape index (κ2) is 7.45. The van der Waals surface area contributed by atoms with E-state index in [0.29, 0.717) is 11.1 Å². The minimum atomic E-state index is -0.481. The number of hydrogen-bond donors (Lipinski definition) is 0. The van der Waals surface area contributed by atoms with Crippen LogP contribution in [0, 0.1) is 0 Å². The van der Waals surface area contributed by atoms with Gasteiger partial charge in [0, 0.05) is 11.1 Å². The lowest BCUT2D eigenvalue weighted by atomic mass is 10.3. The zero-order valence-corrected chi connectivity index (χ0v) is 9.78. The van der Waals surface area contributed by atoms with Crippen LogP contribution in [-0.2, 0) is 19.1 Å². The summed E-state index contributed by atoms with van der Waals surface area (Å²) < 4.78 is 9.50. The van der Waals surface area contributed by atoms with Gasteiger partial charge in [0.05, 0.1) is 6.26 Å². The van der Waals surface area contributed by atoms with Crippen LogP contribution in [0.1, 0.15) is 20.8 Å². The number of ether oxygens (including phenoxy) is 2. The molecule has 0 amide bonds. The normalized spacial score (nSPS) is 11.3. The standard InChI is InChI=1S/C12H16O4/c1-5-7-15-12(14)10(4)6-8-16-11(13)9(2)3/h5-7H,2,8H2,1,3-4H3. The van der Waals surface area contributed by atoms with Crippen molar-refractivity contribution < 1.29 is 19.1 Å². The Morgan fingerprint density at radius 1 is 1.25 bits per heavy atom. The zero-order valence-electron chi connectivity index (χ0n) is 9.78. The van der Waals surface area contributed by atoms with E-state index >= 15 is 0 Å². The van der Waals surface area contributed by atoms with Crippen LogP contribution >= 0.6 is 0 Å². The second-order valence-electron chi connectivity index (χ2n) is 3.14. The zero-order chi connectivity index (χ0) is 12.6. The van der Waals surface area contributed by atoms with Gasteiger partial charge in [0.15, 0.2) is 0 Å². The summed E-state index contributed by atoms with van der Waals surface area (Å²) in [6.07, 6.45) is 4.37. The molecule has 0 N–H and O–H groups in total. The molecule has 0 aliphatic heterocycles. The highest BCUT2D eigenvalue weighted by atomic mass is 16.5. The van der Waals surface area contributed by atoms with Crippen molar-refractivity contribution in [3.8, 4) is 0 Å². The predicted molar refractivity (Wildman–Crippen MR) is 60.4 cm³/mol. The molecule has 0 fully saturated rings. The average Bonchev–Trinajstić information content (AvgIpc) is 2.25. The van der Waals surface area contributed by atoms with Gasteiger partial charge in [-0.3, -0.25) is 0 Å². The number of carbonyl (C=O) groups is 2. The fraction of sp³-hybridized carbons (Fsp3) is 0.333. The van der Waals surface area contributed by atoms with E-state index in [-0.39, 0.29) is 6.61 Å². The molecule has 0 spiro atoms. The van der Waals surface area contributed by atoms with Gasteiger partial charge in [-0.25, -0.2) is 9.59 Å². The van der Waals surface area contributed by atoms with Crippen LogP contribution in [0.4, 0.5) is 0 Å². The van der Waals surface area contributed by atoms with Crippen LogP contribution in [-0.4, -0.2) is 18.5 Å². The van der Waals surface area contributed by atoms with E-state index in [2.05, 4.69) is 6.58 Å². The van der Waals surface area contributed by atoms with E-state index < -0.39 is 11.9 Å². The van der Waals surface area contributed by atoms with Gasteiger partial charge in [0.25, 0.3) is 0 Å². The molecule has 0 unspecified atom stereocenters. The molecule has 0 rings (SSSR count). The van der Waals surface area contributed by atoms with Crippen molar-refractivity contribution in [3.05, 3.63) is 36.1 Å². The van der Waals surface area contributed by atoms with Crippen molar-refractivity contribution in [2.24, 2.45) is 0 Å². The third kappa shape index (κ3) is 5.80. The molecule has 88 valence electrons. The highest BCUT2D eigenvalue weighted by molar-refractivity contribution is 5.88. The van der Waals surface area contributed by atoms with Gasteiger partial charge < -0.3 is 9.47 Å². The summed E-state index contributed by atoms with van der Waals surface area (Å²) in [6, 6.07) is 0. The van der Waals surface area contributed by atoms with Crippen LogP contribution < -0.4 is 0 Å². The molecule has 0 aromatic rings. The number of rotatable bonds is 5. The summed E-state index contributed by atoms with van der Waals surface area (Å²) in [5, 5.41) is 0. The molecule has 0 saturated heterocycles. The Balaban J connectivity index is 4.09. The van der Waals surface area contributed by atoms with E-state index in [0.717, 1.165) is 0 Å². The van der Waals surface area contributed by atoms with E-state index in [9.17, 15) is 9.59 Å². The fourth-order valence-electron chi connectivity index (χ4n) is 0.672. The lowest BCUT2D eigenvalue weighted by molar-refractivity contribution is -0.138. The van der Waals surface area contributed by atoms with Crippen molar-refractivity contribution in [3.63, 3.8) is 0 Å². The van der Waals surface area contributed by atoms with Gasteiger partial charge >= 0.3 is 11.9 Å². The average molecular weight is 224 g/mol. The molecule has 0 heterocycles. The Morgan fingerprint density at radius 3 is 2.38 bits per heavy atom. The lowest BCUT2D eigenvalue weighted by Crippen LogP contribution is -2.07. The highest BCUT2D eigenvalue weighted by Crippen LogP contribution is 1.99. The van der Waals surface area contributed by atoms with E-state index in [4.69, 9.17) is 9.47 Å². The molecular formula is C12H16O4. The van der Waals surface area contributed by atoms with Crippen molar-refractivity contribution in [1.82, 2.24) is 0 Å². The summed E-state index contributed by atoms with van der Waals surface area (Å²) in [5.41, 5.74) is 0.704. The third-order valence-electron chi connectivity index (χ3n) is 1.59. The Hall–Kier alpha value is -1.84. The smallest absolute Gasteiger partial charge is 0.338 e. The van der Waals surface area contributed by atoms with Crippen LogP contribution in [0.3, 0.4) is 0 Å². The summed E-state index contributed by atoms with van der Waals surface area (Å²) in [4.78, 5) is 22.2. The number of hydrogen-bond acceptors (Lipinski definition) is 4. The molecule has 0 aromatic carbocycles. The van der Waals surface area contributed by atoms with Crippen LogP contribution in [0.15, 0.2) is 36.1 Å². The minimum Gasteiger partial charge on any atom is -0.458 e. The van der Waals surface area contributed by atoms with Gasteiger partial charge in [0.2, 0.25) is 0 Å². The number of esters is 2. The molecule has 0 saturated carbocycles. The molecular weight excluding hydrogens is 208 g/mol. The molecule has 0 aliphatic carbocycles. The van der Waals surface area contributed by atoms with E-state index in [1.807, 2.05) is 0 Å². The van der Waals surface area contributed by atoms with E-state index in [1.54, 1.807) is 26.8 Å². The quantitative estimate of drug-likeness (QED) is 0.408. The summed E-state index contributed by atoms with van der Waals surface area (Å²) in [7, 11) is 0. The van der Waals surface area contributed by atoms with Crippen molar-refractivity contribution in [1.29, 1.82) is 0 Å². The molecule has 0 aromatic heterocycles. The molecule has 16 heavy (non-hydrogen) atoms. The Morgan fingerprint density at radius 2 is 1.88 bits per heavy atom. The van der Waals surface area contributed by atoms with Gasteiger partial charge in [-0.05, 0) is 26.8 Å². The van der Waals surface area contributed by atoms with Gasteiger partial charge in [0.1, 0.15) is 6.61 Å². The lowest BCUT2D eigenvalue weighted by Gasteiger charge is -2.02. The fourth-order valence-corrected chi connectivity index (χ4v) is 0.672. The molecule has 0 bridgehead atoms. The largest absolute Gasteiger partial charge is 0.458 e. The molecule has 0 radical (unpaired) electrons. The predicted octanol–water partition coefficient (Wildman–Crippen LogP) is 2.13. The maximum Gasteiger partial charge on any atom is 0.338 e. The Bertz CT molecular complexity index is 337. The first kappa shape index (κ1) is 14.2. The Kier molecular flexibility index (Phi) is 6.59. The van der Waals surface area contributed by atoms with Gasteiger partial charge in [-0.1, -0.05) is 12.7 Å². The first-order valence-electron chi connectivity index (χ1n) is 4.80. The van der Waals surface area contributed by atoms with Crippen molar-refractivity contribution >= 4 is 11.9 Å². The maximum absolute atomic E-state index is 11.2.